The fraction of sp³-hybridized carbons (Fsp3) is 0.571. The molecule has 3 N–H and O–H groups in total. The van der Waals surface area contributed by atoms with Crippen LogP contribution in [0.1, 0.15) is 45.1 Å². The molecule has 7 heteroatoms. The van der Waals surface area contributed by atoms with Gasteiger partial charge < -0.3 is 15.7 Å². The number of nitrogens with one attached hydrogen (secondary N) is 2. The Morgan fingerprint density at radius 1 is 1.14 bits per heavy atom. The van der Waals surface area contributed by atoms with Crippen LogP contribution >= 0.6 is 0 Å². The van der Waals surface area contributed by atoms with E-state index >= 15 is 0 Å². The smallest absolute Gasteiger partial charge is 0.320 e. The molecule has 0 spiro atoms. The Balaban J connectivity index is 1.97. The van der Waals surface area contributed by atoms with Crippen LogP contribution in [-0.4, -0.2) is 60.0 Å². The molecular weight excluding hydrogens is 358 g/mol. The molecular formula is C21H31N3O4. The molecule has 1 aromatic rings. The van der Waals surface area contributed by atoms with Gasteiger partial charge in [-0.05, 0) is 25.3 Å². The van der Waals surface area contributed by atoms with E-state index in [0.717, 1.165) is 25.7 Å². The number of carbonyl (C=O) groups excluding carboxylic acids is 2. The van der Waals surface area contributed by atoms with Crippen molar-refractivity contribution >= 4 is 17.8 Å². The monoisotopic (exact) mass is 389 g/mol. The Morgan fingerprint density at radius 3 is 2.36 bits per heavy atom. The average molecular weight is 389 g/mol. The summed E-state index contributed by atoms with van der Waals surface area (Å²) in [7, 11) is 0. The van der Waals surface area contributed by atoms with E-state index in [2.05, 4.69) is 22.8 Å². The van der Waals surface area contributed by atoms with Crippen molar-refractivity contribution < 1.29 is 19.5 Å². The molecule has 1 aromatic carbocycles. The van der Waals surface area contributed by atoms with Gasteiger partial charge in [-0.1, -0.05) is 43.2 Å². The molecule has 28 heavy (non-hydrogen) atoms. The summed E-state index contributed by atoms with van der Waals surface area (Å²) in [5.74, 6) is -1.37. The Bertz CT molecular complexity index is 671. The number of hydrogen-bond acceptors (Lipinski definition) is 4. The number of benzene rings is 1. The summed E-state index contributed by atoms with van der Waals surface area (Å²) in [6.07, 6.45) is 4.36. The third-order valence-corrected chi connectivity index (χ3v) is 5.60. The highest BCUT2D eigenvalue weighted by Crippen LogP contribution is 2.40. The van der Waals surface area contributed by atoms with Crippen LogP contribution in [0.4, 0.5) is 0 Å². The van der Waals surface area contributed by atoms with Crippen LogP contribution in [0.25, 0.3) is 0 Å². The van der Waals surface area contributed by atoms with Crippen molar-refractivity contribution in [3.63, 3.8) is 0 Å². The summed E-state index contributed by atoms with van der Waals surface area (Å²) in [5.41, 5.74) is 1.20. The maximum atomic E-state index is 12.6. The van der Waals surface area contributed by atoms with Crippen molar-refractivity contribution in [2.24, 2.45) is 0 Å². The van der Waals surface area contributed by atoms with Crippen LogP contribution in [-0.2, 0) is 19.8 Å². The molecule has 2 amide bonds. The second-order valence-corrected chi connectivity index (χ2v) is 7.60. The average Bonchev–Trinajstić information content (AvgIpc) is 3.15. The lowest BCUT2D eigenvalue weighted by Crippen LogP contribution is -2.49. The Labute approximate surface area is 166 Å². The molecule has 1 atom stereocenters. The third kappa shape index (κ3) is 6.05. The molecule has 0 aliphatic heterocycles. The van der Waals surface area contributed by atoms with Gasteiger partial charge >= 0.3 is 5.97 Å². The minimum Gasteiger partial charge on any atom is -0.480 e. The SMILES string of the molecule is CC(=O)NCCN(CC(=O)NCC1(c2ccccc2)CCCC1)C(C)C(=O)O. The van der Waals surface area contributed by atoms with Gasteiger partial charge in [-0.3, -0.25) is 19.3 Å². The van der Waals surface area contributed by atoms with Crippen LogP contribution in [0.5, 0.6) is 0 Å². The summed E-state index contributed by atoms with van der Waals surface area (Å²) in [6, 6.07) is 9.46. The van der Waals surface area contributed by atoms with Crippen molar-refractivity contribution in [3.05, 3.63) is 35.9 Å². The number of carbonyl (C=O) groups is 3. The summed E-state index contributed by atoms with van der Waals surface area (Å²) in [6.45, 7) is 4.08. The molecule has 0 aromatic heterocycles. The zero-order valence-corrected chi connectivity index (χ0v) is 16.7. The molecule has 0 radical (unpaired) electrons. The molecule has 0 saturated heterocycles. The van der Waals surface area contributed by atoms with Gasteiger partial charge in [0.2, 0.25) is 11.8 Å². The Hall–Kier alpha value is -2.41. The lowest BCUT2D eigenvalue weighted by Gasteiger charge is -2.31. The van der Waals surface area contributed by atoms with Crippen molar-refractivity contribution in [3.8, 4) is 0 Å². The second-order valence-electron chi connectivity index (χ2n) is 7.60. The molecule has 2 rings (SSSR count). The zero-order chi connectivity index (χ0) is 20.6. The molecule has 7 nitrogen and oxygen atoms in total. The molecule has 1 saturated carbocycles. The highest BCUT2D eigenvalue weighted by Gasteiger charge is 2.36. The van der Waals surface area contributed by atoms with Gasteiger partial charge in [-0.25, -0.2) is 0 Å². The number of nitrogens with zero attached hydrogens (tertiary/aromatic N) is 1. The molecule has 1 aliphatic carbocycles. The van der Waals surface area contributed by atoms with E-state index in [1.807, 2.05) is 18.2 Å². The van der Waals surface area contributed by atoms with Crippen molar-refractivity contribution in [1.29, 1.82) is 0 Å². The van der Waals surface area contributed by atoms with E-state index in [1.165, 1.54) is 12.5 Å². The molecule has 0 bridgehead atoms. The largest absolute Gasteiger partial charge is 0.480 e. The topological polar surface area (TPSA) is 98.7 Å². The Morgan fingerprint density at radius 2 is 1.79 bits per heavy atom. The van der Waals surface area contributed by atoms with Crippen LogP contribution in [0.15, 0.2) is 30.3 Å². The first kappa shape index (κ1) is 21.9. The molecule has 1 unspecified atom stereocenters. The Kier molecular flexibility index (Phi) is 7.99. The number of carboxylic acid groups (broad SMARTS) is 1. The lowest BCUT2D eigenvalue weighted by molar-refractivity contribution is -0.143. The quantitative estimate of drug-likeness (QED) is 0.564. The van der Waals surface area contributed by atoms with Crippen LogP contribution in [0, 0.1) is 0 Å². The molecule has 154 valence electrons. The summed E-state index contributed by atoms with van der Waals surface area (Å²) >= 11 is 0. The van der Waals surface area contributed by atoms with Crippen LogP contribution in [0.2, 0.25) is 0 Å². The van der Waals surface area contributed by atoms with E-state index in [4.69, 9.17) is 0 Å². The molecule has 1 fully saturated rings. The number of rotatable bonds is 10. The van der Waals surface area contributed by atoms with Crippen molar-refractivity contribution in [1.82, 2.24) is 15.5 Å². The fourth-order valence-electron chi connectivity index (χ4n) is 3.86. The highest BCUT2D eigenvalue weighted by molar-refractivity contribution is 5.80. The maximum absolute atomic E-state index is 12.6. The number of hydrogen-bond donors (Lipinski definition) is 3. The summed E-state index contributed by atoms with van der Waals surface area (Å²) in [4.78, 5) is 36.5. The highest BCUT2D eigenvalue weighted by atomic mass is 16.4. The fourth-order valence-corrected chi connectivity index (χ4v) is 3.86. The first-order chi connectivity index (χ1) is 13.3. The molecule has 0 heterocycles. The normalized spacial score (nSPS) is 16.5. The van der Waals surface area contributed by atoms with Crippen molar-refractivity contribution in [2.75, 3.05) is 26.2 Å². The van der Waals surface area contributed by atoms with Crippen molar-refractivity contribution in [2.45, 2.75) is 51.0 Å². The second kappa shape index (κ2) is 10.2. The maximum Gasteiger partial charge on any atom is 0.320 e. The predicted molar refractivity (Wildman–Crippen MR) is 107 cm³/mol. The zero-order valence-electron chi connectivity index (χ0n) is 16.7. The lowest BCUT2D eigenvalue weighted by atomic mass is 9.79. The number of carboxylic acids is 1. The molecule has 1 aliphatic rings. The summed E-state index contributed by atoms with van der Waals surface area (Å²) < 4.78 is 0. The van der Waals surface area contributed by atoms with Gasteiger partial charge in [-0.15, -0.1) is 0 Å². The minimum atomic E-state index is -0.993. The van der Waals surface area contributed by atoms with E-state index in [9.17, 15) is 19.5 Å². The van der Waals surface area contributed by atoms with Crippen LogP contribution in [0.3, 0.4) is 0 Å². The van der Waals surface area contributed by atoms with E-state index in [0.29, 0.717) is 19.6 Å². The van der Waals surface area contributed by atoms with Gasteiger partial charge in [0.05, 0.1) is 6.54 Å². The van der Waals surface area contributed by atoms with E-state index in [1.54, 1.807) is 11.8 Å². The summed E-state index contributed by atoms with van der Waals surface area (Å²) in [5, 5.41) is 15.0. The number of aliphatic carboxylic acids is 1. The van der Waals surface area contributed by atoms with Gasteiger partial charge in [0.15, 0.2) is 0 Å². The van der Waals surface area contributed by atoms with E-state index < -0.39 is 12.0 Å². The first-order valence-electron chi connectivity index (χ1n) is 9.87. The number of amides is 2. The van der Waals surface area contributed by atoms with Gasteiger partial charge in [0.25, 0.3) is 0 Å². The standard InChI is InChI=1S/C21H31N3O4/c1-16(20(27)28)24(13-12-22-17(2)25)14-19(26)23-15-21(10-6-7-11-21)18-8-4-3-5-9-18/h3-5,8-9,16H,6-7,10-15H2,1-2H3,(H,22,25)(H,23,26)(H,27,28). The van der Waals surface area contributed by atoms with Crippen LogP contribution < -0.4 is 10.6 Å². The third-order valence-electron chi connectivity index (χ3n) is 5.60. The minimum absolute atomic E-state index is 0.0160. The van der Waals surface area contributed by atoms with Gasteiger partial charge in [-0.2, -0.15) is 0 Å². The van der Waals surface area contributed by atoms with Gasteiger partial charge in [0, 0.05) is 32.0 Å². The first-order valence-corrected chi connectivity index (χ1v) is 9.87. The van der Waals surface area contributed by atoms with Gasteiger partial charge in [0.1, 0.15) is 6.04 Å². The predicted octanol–water partition coefficient (Wildman–Crippen LogP) is 1.53. The van der Waals surface area contributed by atoms with E-state index in [-0.39, 0.29) is 23.8 Å².